The number of nitrogens with one attached hydrogen (secondary N) is 1. The molecule has 0 aromatic heterocycles. The van der Waals surface area contributed by atoms with Crippen LogP contribution in [0.1, 0.15) is 71.3 Å². The molecule has 4 amide bonds. The Kier molecular flexibility index (Phi) is 6.56. The van der Waals surface area contributed by atoms with Crippen molar-refractivity contribution in [2.24, 2.45) is 5.92 Å². The van der Waals surface area contributed by atoms with Crippen LogP contribution < -0.4 is 14.5 Å². The van der Waals surface area contributed by atoms with Gasteiger partial charge in [0.25, 0.3) is 5.91 Å². The van der Waals surface area contributed by atoms with Crippen LogP contribution >= 0.6 is 0 Å². The van der Waals surface area contributed by atoms with Crippen molar-refractivity contribution in [2.75, 3.05) is 0 Å². The SMILES string of the molecule is CCCCCCC(=O)N1C(=O)NC(=O)[C@@]2(F)[C@H]3C(=O)Oc4cc(O[Si](C)(C)C(C)(C)C)ccc4[C@H]3[C@@H]12. The van der Waals surface area contributed by atoms with Crippen molar-refractivity contribution in [3.63, 3.8) is 0 Å². The van der Waals surface area contributed by atoms with Crippen LogP contribution in [-0.2, 0) is 14.4 Å². The van der Waals surface area contributed by atoms with Crippen molar-refractivity contribution in [3.8, 4) is 11.5 Å². The molecule has 1 aromatic rings. The number of carbonyl (C=O) groups is 4. The van der Waals surface area contributed by atoms with Gasteiger partial charge < -0.3 is 9.16 Å². The van der Waals surface area contributed by atoms with Crippen molar-refractivity contribution in [1.29, 1.82) is 0 Å². The largest absolute Gasteiger partial charge is 0.543 e. The highest BCUT2D eigenvalue weighted by atomic mass is 28.4. The zero-order valence-electron chi connectivity index (χ0n) is 21.8. The first kappa shape index (κ1) is 26.3. The number of halogens is 1. The molecule has 36 heavy (non-hydrogen) atoms. The molecule has 196 valence electrons. The third-order valence-electron chi connectivity index (χ3n) is 8.15. The second kappa shape index (κ2) is 8.97. The van der Waals surface area contributed by atoms with Crippen molar-refractivity contribution in [2.45, 2.75) is 95.6 Å². The lowest BCUT2D eigenvalue weighted by Gasteiger charge is -2.59. The van der Waals surface area contributed by atoms with Crippen LogP contribution in [0.4, 0.5) is 9.18 Å². The standard InChI is InChI=1S/C26H35FN2O6Si/c1-7-8-9-10-11-18(30)29-21-19-16-13-12-15(35-36(5,6)25(2,3)4)14-17(16)34-22(31)20(19)26(21,27)23(32)28-24(29)33/h12-14,19-21H,7-11H2,1-6H3,(H,28,32,33)/t19-,20-,21-,26-/m1/s1. The zero-order valence-corrected chi connectivity index (χ0v) is 22.8. The molecule has 0 unspecified atom stereocenters. The van der Waals surface area contributed by atoms with Gasteiger partial charge in [-0.25, -0.2) is 9.18 Å². The number of rotatable bonds is 7. The van der Waals surface area contributed by atoms with Crippen molar-refractivity contribution < 1.29 is 32.7 Å². The third kappa shape index (κ3) is 4.03. The molecule has 1 aromatic carbocycles. The van der Waals surface area contributed by atoms with Crippen LogP contribution in [0.2, 0.25) is 18.1 Å². The maximum absolute atomic E-state index is 16.2. The molecule has 1 saturated heterocycles. The summed E-state index contributed by atoms with van der Waals surface area (Å²) in [5, 5.41) is 1.88. The van der Waals surface area contributed by atoms with Gasteiger partial charge in [-0.3, -0.25) is 24.6 Å². The van der Waals surface area contributed by atoms with Crippen molar-refractivity contribution in [1.82, 2.24) is 10.2 Å². The molecular weight excluding hydrogens is 483 g/mol. The van der Waals surface area contributed by atoms with E-state index in [2.05, 4.69) is 33.9 Å². The van der Waals surface area contributed by atoms with Gasteiger partial charge in [-0.2, -0.15) is 0 Å². The molecule has 1 saturated carbocycles. The van der Waals surface area contributed by atoms with Gasteiger partial charge in [0.15, 0.2) is 0 Å². The summed E-state index contributed by atoms with van der Waals surface area (Å²) in [6.07, 6.45) is 3.34. The fraction of sp³-hybridized carbons (Fsp3) is 0.615. The summed E-state index contributed by atoms with van der Waals surface area (Å²) in [5.41, 5.74) is -2.25. The Morgan fingerprint density at radius 1 is 1.19 bits per heavy atom. The fourth-order valence-corrected chi connectivity index (χ4v) is 6.12. The van der Waals surface area contributed by atoms with Gasteiger partial charge in [0.2, 0.25) is 19.9 Å². The average Bonchev–Trinajstić information content (AvgIpc) is 2.76. The predicted molar refractivity (Wildman–Crippen MR) is 133 cm³/mol. The second-order valence-corrected chi connectivity index (χ2v) is 16.3. The first-order valence-corrected chi connectivity index (χ1v) is 15.6. The van der Waals surface area contributed by atoms with Crippen LogP contribution in [0.5, 0.6) is 11.5 Å². The van der Waals surface area contributed by atoms with E-state index in [4.69, 9.17) is 9.16 Å². The van der Waals surface area contributed by atoms with E-state index in [1.165, 1.54) is 0 Å². The molecule has 4 atom stereocenters. The molecule has 8 nitrogen and oxygen atoms in total. The fourth-order valence-electron chi connectivity index (χ4n) is 5.09. The minimum Gasteiger partial charge on any atom is -0.543 e. The molecule has 2 aliphatic heterocycles. The molecule has 4 rings (SSSR count). The highest BCUT2D eigenvalue weighted by Gasteiger charge is 2.77. The highest BCUT2D eigenvalue weighted by Crippen LogP contribution is 2.61. The molecule has 3 aliphatic rings. The number of benzene rings is 1. The molecule has 2 fully saturated rings. The Labute approximate surface area is 212 Å². The topological polar surface area (TPSA) is 102 Å². The number of esters is 1. The number of hydrogen-bond donors (Lipinski definition) is 1. The number of nitrogens with zero attached hydrogens (tertiary/aromatic N) is 1. The molecule has 10 heteroatoms. The van der Waals surface area contributed by atoms with Crippen LogP contribution in [0.3, 0.4) is 0 Å². The van der Waals surface area contributed by atoms with E-state index in [-0.39, 0.29) is 17.2 Å². The first-order valence-electron chi connectivity index (χ1n) is 12.6. The number of alkyl halides is 1. The first-order chi connectivity index (χ1) is 16.7. The van der Waals surface area contributed by atoms with Gasteiger partial charge in [-0.15, -0.1) is 0 Å². The molecule has 0 bridgehead atoms. The Morgan fingerprint density at radius 2 is 1.89 bits per heavy atom. The number of fused-ring (bicyclic) bond motifs is 6. The van der Waals surface area contributed by atoms with Crippen LogP contribution in [0.15, 0.2) is 18.2 Å². The predicted octanol–water partition coefficient (Wildman–Crippen LogP) is 4.83. The Hall–Kier alpha value is -2.75. The van der Waals surface area contributed by atoms with Gasteiger partial charge in [-0.1, -0.05) is 53.0 Å². The lowest BCUT2D eigenvalue weighted by atomic mass is 9.53. The maximum atomic E-state index is 16.2. The summed E-state index contributed by atoms with van der Waals surface area (Å²) in [5.74, 6) is -4.23. The number of hydrogen-bond acceptors (Lipinski definition) is 6. The zero-order chi connectivity index (χ0) is 26.6. The number of imide groups is 2. The van der Waals surface area contributed by atoms with E-state index >= 15 is 4.39 Å². The van der Waals surface area contributed by atoms with Crippen LogP contribution in [0, 0.1) is 5.92 Å². The number of urea groups is 1. The van der Waals surface area contributed by atoms with Gasteiger partial charge in [0, 0.05) is 24.0 Å². The molecule has 2 heterocycles. The van der Waals surface area contributed by atoms with E-state index in [1.807, 2.05) is 12.2 Å². The van der Waals surface area contributed by atoms with E-state index in [1.54, 1.807) is 18.2 Å². The number of carbonyl (C=O) groups excluding carboxylic acids is 4. The van der Waals surface area contributed by atoms with Gasteiger partial charge >= 0.3 is 12.0 Å². The van der Waals surface area contributed by atoms with E-state index < -0.39 is 55.7 Å². The quantitative estimate of drug-likeness (QED) is 0.240. The van der Waals surface area contributed by atoms with Gasteiger partial charge in [0.1, 0.15) is 17.4 Å². The number of ether oxygens (including phenoxy) is 1. The summed E-state index contributed by atoms with van der Waals surface area (Å²) in [7, 11) is -2.18. The second-order valence-electron chi connectivity index (χ2n) is 11.5. The summed E-state index contributed by atoms with van der Waals surface area (Å²) < 4.78 is 28.0. The Balaban J connectivity index is 1.67. The summed E-state index contributed by atoms with van der Waals surface area (Å²) in [6, 6.07) is 2.67. The summed E-state index contributed by atoms with van der Waals surface area (Å²) in [6.45, 7) is 12.5. The Morgan fingerprint density at radius 3 is 2.53 bits per heavy atom. The lowest BCUT2D eigenvalue weighted by molar-refractivity contribution is -0.190. The number of amides is 4. The van der Waals surface area contributed by atoms with E-state index in [0.29, 0.717) is 17.7 Å². The summed E-state index contributed by atoms with van der Waals surface area (Å²) in [4.78, 5) is 52.1. The number of unbranched alkanes of at least 4 members (excludes halogenated alkanes) is 3. The van der Waals surface area contributed by atoms with Crippen molar-refractivity contribution in [3.05, 3.63) is 23.8 Å². The third-order valence-corrected chi connectivity index (χ3v) is 12.5. The molecule has 1 aliphatic carbocycles. The lowest BCUT2D eigenvalue weighted by Crippen LogP contribution is -2.82. The minimum absolute atomic E-state index is 0.0553. The Bertz CT molecular complexity index is 1120. The summed E-state index contributed by atoms with van der Waals surface area (Å²) >= 11 is 0. The normalized spacial score (nSPS) is 27.2. The van der Waals surface area contributed by atoms with Gasteiger partial charge in [0.05, 0.1) is 6.04 Å². The smallest absolute Gasteiger partial charge is 0.331 e. The molecule has 0 radical (unpaired) electrons. The van der Waals surface area contributed by atoms with Gasteiger partial charge in [-0.05, 0) is 30.6 Å². The molecule has 1 N–H and O–H groups in total. The monoisotopic (exact) mass is 518 g/mol. The highest BCUT2D eigenvalue weighted by molar-refractivity contribution is 6.74. The van der Waals surface area contributed by atoms with Crippen LogP contribution in [-0.4, -0.2) is 48.7 Å². The molecular formula is C26H35FN2O6Si. The van der Waals surface area contributed by atoms with Crippen molar-refractivity contribution >= 4 is 32.1 Å². The maximum Gasteiger partial charge on any atom is 0.331 e. The van der Waals surface area contributed by atoms with E-state index in [0.717, 1.165) is 24.2 Å². The minimum atomic E-state index is -2.73. The van der Waals surface area contributed by atoms with E-state index in [9.17, 15) is 19.2 Å². The molecule has 0 spiro atoms. The van der Waals surface area contributed by atoms with Crippen LogP contribution in [0.25, 0.3) is 0 Å². The average molecular weight is 519 g/mol.